The molecule has 1 N–H and O–H groups in total. The predicted octanol–water partition coefficient (Wildman–Crippen LogP) is 7.38. The minimum atomic E-state index is -0.160. The number of nitrogens with zero attached hydrogens (tertiary/aromatic N) is 2. The van der Waals surface area contributed by atoms with Gasteiger partial charge in [-0.25, -0.2) is 0 Å². The Bertz CT molecular complexity index is 1640. The lowest BCUT2D eigenvalue weighted by atomic mass is 9.97. The highest BCUT2D eigenvalue weighted by Gasteiger charge is 2.30. The number of hydrogen-bond acceptors (Lipinski definition) is 3. The van der Waals surface area contributed by atoms with Gasteiger partial charge in [0, 0.05) is 23.9 Å². The van der Waals surface area contributed by atoms with Crippen LogP contribution in [0.4, 0.5) is 5.69 Å². The number of amides is 1. The lowest BCUT2D eigenvalue weighted by Crippen LogP contribution is -2.16. The zero-order chi connectivity index (χ0) is 26.9. The van der Waals surface area contributed by atoms with Gasteiger partial charge in [-0.15, -0.1) is 0 Å². The second-order valence-electron chi connectivity index (χ2n) is 10.00. The van der Waals surface area contributed by atoms with Gasteiger partial charge in [0.25, 0.3) is 5.91 Å². The fourth-order valence-corrected chi connectivity index (χ4v) is 5.69. The van der Waals surface area contributed by atoms with Crippen LogP contribution in [0.25, 0.3) is 28.0 Å². The maximum Gasteiger partial charge on any atom is 0.273 e. The van der Waals surface area contributed by atoms with Crippen LogP contribution in [0.15, 0.2) is 79.0 Å². The van der Waals surface area contributed by atoms with Crippen molar-refractivity contribution in [1.82, 2.24) is 8.97 Å². The largest absolute Gasteiger partial charge is 0.495 e. The Morgan fingerprint density at radius 3 is 2.44 bits per heavy atom. The first kappa shape index (κ1) is 24.9. The van der Waals surface area contributed by atoms with Gasteiger partial charge in [-0.05, 0) is 80.6 Å². The molecule has 0 aliphatic carbocycles. The van der Waals surface area contributed by atoms with E-state index in [9.17, 15) is 4.79 Å². The number of carbonyl (C=O) groups is 1. The Morgan fingerprint density at radius 1 is 0.949 bits per heavy atom. The number of benzene rings is 3. The molecule has 0 saturated carbocycles. The summed E-state index contributed by atoms with van der Waals surface area (Å²) in [5, 5.41) is 3.14. The summed E-state index contributed by atoms with van der Waals surface area (Å²) in [6.07, 6.45) is 5.19. The van der Waals surface area contributed by atoms with Crippen molar-refractivity contribution in [1.29, 1.82) is 0 Å². The number of methoxy groups -OCH3 is 1. The third kappa shape index (κ3) is 4.46. The molecule has 0 saturated heterocycles. The molecule has 2 aromatic heterocycles. The number of anilines is 1. The molecule has 198 valence electrons. The summed E-state index contributed by atoms with van der Waals surface area (Å²) in [5.41, 5.74) is 9.05. The summed E-state index contributed by atoms with van der Waals surface area (Å²) in [7, 11) is 1.62. The molecule has 1 aliphatic rings. The van der Waals surface area contributed by atoms with Crippen LogP contribution in [0.3, 0.4) is 0 Å². The van der Waals surface area contributed by atoms with E-state index in [1.54, 1.807) is 7.11 Å². The SMILES string of the molecule is CCOc1ccc(-c2cn3c(C(=O)Nc4ccccc4OC)c(-c4ccc(C)cc4)c4c3n2CCCC4)cc1. The van der Waals surface area contributed by atoms with E-state index in [1.165, 1.54) is 11.1 Å². The molecule has 1 amide bonds. The summed E-state index contributed by atoms with van der Waals surface area (Å²) in [6, 6.07) is 24.2. The van der Waals surface area contributed by atoms with Gasteiger partial charge >= 0.3 is 0 Å². The zero-order valence-electron chi connectivity index (χ0n) is 22.7. The number of aryl methyl sites for hydroxylation is 3. The first-order valence-electron chi connectivity index (χ1n) is 13.6. The molecular weight excluding hydrogens is 486 g/mol. The molecule has 3 heterocycles. The van der Waals surface area contributed by atoms with E-state index in [1.807, 2.05) is 43.3 Å². The van der Waals surface area contributed by atoms with E-state index in [0.717, 1.165) is 59.6 Å². The first-order valence-corrected chi connectivity index (χ1v) is 13.6. The van der Waals surface area contributed by atoms with Crippen molar-refractivity contribution in [2.24, 2.45) is 0 Å². The molecule has 0 unspecified atom stereocenters. The topological polar surface area (TPSA) is 56.9 Å². The molecule has 0 bridgehead atoms. The number of para-hydroxylation sites is 2. The zero-order valence-corrected chi connectivity index (χ0v) is 22.7. The molecule has 39 heavy (non-hydrogen) atoms. The smallest absolute Gasteiger partial charge is 0.273 e. The fourth-order valence-electron chi connectivity index (χ4n) is 5.69. The van der Waals surface area contributed by atoms with Crippen LogP contribution in [0.1, 0.15) is 41.4 Å². The second kappa shape index (κ2) is 10.4. The molecule has 6 heteroatoms. The van der Waals surface area contributed by atoms with Crippen LogP contribution < -0.4 is 14.8 Å². The van der Waals surface area contributed by atoms with Gasteiger partial charge < -0.3 is 19.4 Å². The minimum absolute atomic E-state index is 0.160. The highest BCUT2D eigenvalue weighted by molar-refractivity contribution is 6.10. The van der Waals surface area contributed by atoms with E-state index in [-0.39, 0.29) is 5.91 Å². The van der Waals surface area contributed by atoms with Gasteiger partial charge in [0.1, 0.15) is 22.8 Å². The highest BCUT2D eigenvalue weighted by atomic mass is 16.5. The summed E-state index contributed by atoms with van der Waals surface area (Å²) in [5.74, 6) is 1.33. The summed E-state index contributed by atoms with van der Waals surface area (Å²) in [4.78, 5) is 14.2. The number of aromatic nitrogens is 2. The van der Waals surface area contributed by atoms with Crippen LogP contribution in [0.2, 0.25) is 0 Å². The normalized spacial score (nSPS) is 12.8. The van der Waals surface area contributed by atoms with Gasteiger partial charge in [-0.2, -0.15) is 0 Å². The molecule has 5 aromatic rings. The summed E-state index contributed by atoms with van der Waals surface area (Å²) in [6.45, 7) is 5.61. The van der Waals surface area contributed by atoms with E-state index in [2.05, 4.69) is 63.8 Å². The monoisotopic (exact) mass is 519 g/mol. The number of hydrogen-bond donors (Lipinski definition) is 1. The Balaban J connectivity index is 1.57. The highest BCUT2D eigenvalue weighted by Crippen LogP contribution is 2.40. The van der Waals surface area contributed by atoms with Crippen LogP contribution >= 0.6 is 0 Å². The van der Waals surface area contributed by atoms with Gasteiger partial charge in [0.15, 0.2) is 0 Å². The molecule has 3 aromatic carbocycles. The summed E-state index contributed by atoms with van der Waals surface area (Å²) >= 11 is 0. The van der Waals surface area contributed by atoms with Gasteiger partial charge in [-0.1, -0.05) is 42.0 Å². The van der Waals surface area contributed by atoms with Gasteiger partial charge in [0.05, 0.1) is 25.1 Å². The third-order valence-electron chi connectivity index (χ3n) is 7.51. The number of carbonyl (C=O) groups excluding carboxylic acids is 1. The number of nitrogens with one attached hydrogen (secondary N) is 1. The van der Waals surface area contributed by atoms with Crippen molar-refractivity contribution in [3.63, 3.8) is 0 Å². The average Bonchev–Trinajstić information content (AvgIpc) is 3.37. The van der Waals surface area contributed by atoms with Gasteiger partial charge in [-0.3, -0.25) is 9.20 Å². The third-order valence-corrected chi connectivity index (χ3v) is 7.51. The van der Waals surface area contributed by atoms with E-state index in [0.29, 0.717) is 23.7 Å². The number of imidazole rings is 1. The van der Waals surface area contributed by atoms with Crippen LogP contribution in [-0.2, 0) is 13.0 Å². The number of rotatable bonds is 7. The Morgan fingerprint density at radius 2 is 1.69 bits per heavy atom. The van der Waals surface area contributed by atoms with E-state index >= 15 is 0 Å². The molecule has 6 nitrogen and oxygen atoms in total. The Hall–Kier alpha value is -4.45. The van der Waals surface area contributed by atoms with Crippen molar-refractivity contribution in [2.45, 2.75) is 39.7 Å². The molecule has 0 fully saturated rings. The van der Waals surface area contributed by atoms with Crippen LogP contribution in [0.5, 0.6) is 11.5 Å². The Labute approximate surface area is 228 Å². The fraction of sp³-hybridized carbons (Fsp3) is 0.242. The standard InChI is InChI=1S/C33H33N3O3/c1-4-39-25-18-16-23(17-19-25)28-21-36-31(32(37)34-27-10-5-6-11-29(27)38-3)30(24-14-12-22(2)13-15-24)26-9-7-8-20-35(28)33(26)36/h5-6,10-19,21H,4,7-9,20H2,1-3H3,(H,34,37). The molecule has 0 atom stereocenters. The second-order valence-corrected chi connectivity index (χ2v) is 10.00. The van der Waals surface area contributed by atoms with Gasteiger partial charge in [0.2, 0.25) is 0 Å². The maximum atomic E-state index is 14.2. The molecule has 1 aliphatic heterocycles. The Kier molecular flexibility index (Phi) is 6.61. The maximum absolute atomic E-state index is 14.2. The van der Waals surface area contributed by atoms with Crippen molar-refractivity contribution >= 4 is 17.2 Å². The van der Waals surface area contributed by atoms with Crippen molar-refractivity contribution < 1.29 is 14.3 Å². The summed E-state index contributed by atoms with van der Waals surface area (Å²) < 4.78 is 15.7. The van der Waals surface area contributed by atoms with Crippen molar-refractivity contribution in [2.75, 3.05) is 19.0 Å². The molecule has 0 spiro atoms. The van der Waals surface area contributed by atoms with Crippen LogP contribution in [-0.4, -0.2) is 28.6 Å². The lowest BCUT2D eigenvalue weighted by Gasteiger charge is -2.12. The quantitative estimate of drug-likeness (QED) is 0.244. The average molecular weight is 520 g/mol. The van der Waals surface area contributed by atoms with Crippen molar-refractivity contribution in [3.05, 3.63) is 95.8 Å². The van der Waals surface area contributed by atoms with Crippen LogP contribution in [0, 0.1) is 6.92 Å². The molecular formula is C33H33N3O3. The minimum Gasteiger partial charge on any atom is -0.495 e. The molecule has 0 radical (unpaired) electrons. The van der Waals surface area contributed by atoms with E-state index in [4.69, 9.17) is 9.47 Å². The predicted molar refractivity (Wildman–Crippen MR) is 156 cm³/mol. The number of ether oxygens (including phenoxy) is 2. The molecule has 6 rings (SSSR count). The lowest BCUT2D eigenvalue weighted by molar-refractivity contribution is 0.102. The van der Waals surface area contributed by atoms with E-state index < -0.39 is 0 Å². The van der Waals surface area contributed by atoms with Crippen molar-refractivity contribution in [3.8, 4) is 33.9 Å². The first-order chi connectivity index (χ1) is 19.1.